The standard InChI is InChI=1S/C30H35BrFN3O4S/c1-22(2)33-30(37)28(20-23-11-5-4-6-12-23)34(21-24-13-9-14-25(31)19-24)29(36)17-10-18-35(40(3,38)39)27-16-8-7-15-26(27)32/h4-9,11-16,19,22,28H,10,17-18,20-21H2,1-3H3,(H,33,37)/t28-/m0/s1. The van der Waals surface area contributed by atoms with Crippen molar-refractivity contribution in [1.29, 1.82) is 0 Å². The number of sulfonamides is 1. The topological polar surface area (TPSA) is 86.8 Å². The summed E-state index contributed by atoms with van der Waals surface area (Å²) in [7, 11) is -3.80. The third-order valence-electron chi connectivity index (χ3n) is 6.22. The summed E-state index contributed by atoms with van der Waals surface area (Å²) in [6, 6.07) is 21.7. The van der Waals surface area contributed by atoms with Crippen LogP contribution in [0.15, 0.2) is 83.3 Å². The summed E-state index contributed by atoms with van der Waals surface area (Å²) in [5.74, 6) is -1.24. The Morgan fingerprint density at radius 2 is 1.60 bits per heavy atom. The van der Waals surface area contributed by atoms with E-state index in [-0.39, 0.29) is 49.5 Å². The lowest BCUT2D eigenvalue weighted by Gasteiger charge is -2.32. The highest BCUT2D eigenvalue weighted by molar-refractivity contribution is 9.10. The Kier molecular flexibility index (Phi) is 11.3. The predicted molar refractivity (Wildman–Crippen MR) is 160 cm³/mol. The lowest BCUT2D eigenvalue weighted by molar-refractivity contribution is -0.141. The number of halogens is 2. The largest absolute Gasteiger partial charge is 0.352 e. The molecule has 0 bridgehead atoms. The highest BCUT2D eigenvalue weighted by Crippen LogP contribution is 2.23. The molecule has 3 rings (SSSR count). The van der Waals surface area contributed by atoms with E-state index in [0.29, 0.717) is 6.42 Å². The van der Waals surface area contributed by atoms with Crippen molar-refractivity contribution in [2.75, 3.05) is 17.1 Å². The molecule has 3 aromatic rings. The Labute approximate surface area is 244 Å². The Hall–Kier alpha value is -3.24. The van der Waals surface area contributed by atoms with Gasteiger partial charge in [-0.25, -0.2) is 12.8 Å². The van der Waals surface area contributed by atoms with Crippen molar-refractivity contribution in [2.45, 2.75) is 51.7 Å². The number of para-hydroxylation sites is 1. The fraction of sp³-hybridized carbons (Fsp3) is 0.333. The van der Waals surface area contributed by atoms with Gasteiger partial charge in [-0.05, 0) is 55.7 Å². The van der Waals surface area contributed by atoms with Crippen molar-refractivity contribution in [2.24, 2.45) is 0 Å². The molecule has 40 heavy (non-hydrogen) atoms. The van der Waals surface area contributed by atoms with Crippen LogP contribution in [0.25, 0.3) is 0 Å². The van der Waals surface area contributed by atoms with Gasteiger partial charge < -0.3 is 10.2 Å². The van der Waals surface area contributed by atoms with Crippen molar-refractivity contribution < 1.29 is 22.4 Å². The maximum atomic E-state index is 14.4. The van der Waals surface area contributed by atoms with Crippen molar-refractivity contribution in [3.8, 4) is 0 Å². The molecule has 0 fully saturated rings. The van der Waals surface area contributed by atoms with Crippen LogP contribution >= 0.6 is 15.9 Å². The maximum absolute atomic E-state index is 14.4. The molecule has 1 N–H and O–H groups in total. The molecule has 0 unspecified atom stereocenters. The third-order valence-corrected chi connectivity index (χ3v) is 7.89. The number of benzene rings is 3. The van der Waals surface area contributed by atoms with Crippen LogP contribution in [0.3, 0.4) is 0 Å². The second-order valence-corrected chi connectivity index (χ2v) is 12.7. The SMILES string of the molecule is CC(C)NC(=O)[C@H](Cc1ccccc1)N(Cc1cccc(Br)c1)C(=O)CCCN(c1ccccc1F)S(C)(=O)=O. The summed E-state index contributed by atoms with van der Waals surface area (Å²) in [4.78, 5) is 28.8. The zero-order valence-electron chi connectivity index (χ0n) is 22.9. The van der Waals surface area contributed by atoms with Gasteiger partial charge in [0.1, 0.15) is 11.9 Å². The molecular weight excluding hydrogens is 597 g/mol. The molecule has 7 nitrogen and oxygen atoms in total. The summed E-state index contributed by atoms with van der Waals surface area (Å²) in [6.07, 6.45) is 1.42. The quantitative estimate of drug-likeness (QED) is 0.277. The summed E-state index contributed by atoms with van der Waals surface area (Å²) in [6.45, 7) is 3.82. The fourth-order valence-corrected chi connectivity index (χ4v) is 5.82. The van der Waals surface area contributed by atoms with Crippen molar-refractivity contribution in [3.63, 3.8) is 0 Å². The van der Waals surface area contributed by atoms with E-state index < -0.39 is 21.9 Å². The molecule has 0 saturated carbocycles. The van der Waals surface area contributed by atoms with Crippen LogP contribution in [0, 0.1) is 5.82 Å². The zero-order valence-corrected chi connectivity index (χ0v) is 25.3. The Bertz CT molecular complexity index is 1400. The number of nitrogens with zero attached hydrogens (tertiary/aromatic N) is 2. The molecule has 2 amide bonds. The minimum atomic E-state index is -3.80. The summed E-state index contributed by atoms with van der Waals surface area (Å²) < 4.78 is 41.2. The number of hydrogen-bond donors (Lipinski definition) is 1. The lowest BCUT2D eigenvalue weighted by atomic mass is 10.0. The van der Waals surface area contributed by atoms with Gasteiger partial charge in [-0.3, -0.25) is 13.9 Å². The van der Waals surface area contributed by atoms with Crippen molar-refractivity contribution in [3.05, 3.63) is 100 Å². The fourth-order valence-electron chi connectivity index (χ4n) is 4.40. The molecule has 214 valence electrons. The molecule has 0 radical (unpaired) electrons. The van der Waals surface area contributed by atoms with E-state index >= 15 is 0 Å². The van der Waals surface area contributed by atoms with E-state index in [0.717, 1.165) is 26.2 Å². The number of carbonyl (C=O) groups excluding carboxylic acids is 2. The van der Waals surface area contributed by atoms with Crippen LogP contribution in [-0.4, -0.2) is 50.0 Å². The molecule has 0 saturated heterocycles. The van der Waals surface area contributed by atoms with Gasteiger partial charge in [0.15, 0.2) is 0 Å². The number of rotatable bonds is 13. The van der Waals surface area contributed by atoms with Gasteiger partial charge in [0, 0.05) is 36.4 Å². The second-order valence-electron chi connectivity index (χ2n) is 9.91. The van der Waals surface area contributed by atoms with E-state index in [9.17, 15) is 22.4 Å². The number of amides is 2. The first-order valence-corrected chi connectivity index (χ1v) is 15.7. The highest BCUT2D eigenvalue weighted by Gasteiger charge is 2.31. The minimum Gasteiger partial charge on any atom is -0.352 e. The smallest absolute Gasteiger partial charge is 0.243 e. The number of anilines is 1. The van der Waals surface area contributed by atoms with Crippen molar-refractivity contribution in [1.82, 2.24) is 10.2 Å². The van der Waals surface area contributed by atoms with Crippen LogP contribution in [0.4, 0.5) is 10.1 Å². The van der Waals surface area contributed by atoms with E-state index in [1.54, 1.807) is 11.0 Å². The Morgan fingerprint density at radius 3 is 2.23 bits per heavy atom. The Balaban J connectivity index is 1.89. The normalized spacial score (nSPS) is 12.2. The number of carbonyl (C=O) groups is 2. The molecule has 1 atom stereocenters. The molecule has 0 aliphatic rings. The van der Waals surface area contributed by atoms with E-state index in [4.69, 9.17) is 0 Å². The van der Waals surface area contributed by atoms with Gasteiger partial charge >= 0.3 is 0 Å². The second kappa shape index (κ2) is 14.4. The van der Waals surface area contributed by atoms with E-state index in [2.05, 4.69) is 21.2 Å². The first-order chi connectivity index (χ1) is 19.0. The third kappa shape index (κ3) is 9.16. The monoisotopic (exact) mass is 631 g/mol. The van der Waals surface area contributed by atoms with Gasteiger partial charge in [-0.2, -0.15) is 0 Å². The van der Waals surface area contributed by atoms with Gasteiger partial charge in [-0.1, -0.05) is 70.5 Å². The Morgan fingerprint density at radius 1 is 0.950 bits per heavy atom. The van der Waals surface area contributed by atoms with Crippen LogP contribution in [0.1, 0.15) is 37.8 Å². The maximum Gasteiger partial charge on any atom is 0.243 e. The average molecular weight is 633 g/mol. The first kappa shape index (κ1) is 31.3. The van der Waals surface area contributed by atoms with E-state index in [1.807, 2.05) is 68.4 Å². The van der Waals surface area contributed by atoms with Crippen LogP contribution in [-0.2, 0) is 32.6 Å². The minimum absolute atomic E-state index is 0.0330. The summed E-state index contributed by atoms with van der Waals surface area (Å²) in [5.41, 5.74) is 1.67. The summed E-state index contributed by atoms with van der Waals surface area (Å²) in [5, 5.41) is 2.95. The summed E-state index contributed by atoms with van der Waals surface area (Å²) >= 11 is 3.47. The predicted octanol–water partition coefficient (Wildman–Crippen LogP) is 5.30. The van der Waals surface area contributed by atoms with Gasteiger partial charge in [0.05, 0.1) is 11.9 Å². The highest BCUT2D eigenvalue weighted by atomic mass is 79.9. The molecule has 0 aromatic heterocycles. The van der Waals surface area contributed by atoms with Gasteiger partial charge in [0.2, 0.25) is 21.8 Å². The zero-order chi connectivity index (χ0) is 29.3. The van der Waals surface area contributed by atoms with E-state index in [1.165, 1.54) is 18.2 Å². The lowest BCUT2D eigenvalue weighted by Crippen LogP contribution is -2.51. The van der Waals surface area contributed by atoms with Gasteiger partial charge in [0.25, 0.3) is 0 Å². The van der Waals surface area contributed by atoms with Crippen LogP contribution in [0.5, 0.6) is 0 Å². The average Bonchev–Trinajstić information content (AvgIpc) is 2.88. The molecule has 0 heterocycles. The molecule has 10 heteroatoms. The van der Waals surface area contributed by atoms with Crippen LogP contribution < -0.4 is 9.62 Å². The van der Waals surface area contributed by atoms with Crippen LogP contribution in [0.2, 0.25) is 0 Å². The number of nitrogens with one attached hydrogen (secondary N) is 1. The molecule has 0 spiro atoms. The number of hydrogen-bond acceptors (Lipinski definition) is 4. The van der Waals surface area contributed by atoms with Gasteiger partial charge in [-0.15, -0.1) is 0 Å². The molecular formula is C30H35BrFN3O4S. The molecule has 3 aromatic carbocycles. The van der Waals surface area contributed by atoms with Crippen molar-refractivity contribution >= 4 is 43.5 Å². The first-order valence-electron chi connectivity index (χ1n) is 13.1. The molecule has 0 aliphatic heterocycles. The molecule has 0 aliphatic carbocycles.